The van der Waals surface area contributed by atoms with Gasteiger partial charge in [0.25, 0.3) is 0 Å². The molecule has 0 unspecified atom stereocenters. The lowest BCUT2D eigenvalue weighted by Gasteiger charge is -2.10. The van der Waals surface area contributed by atoms with Crippen LogP contribution in [0.5, 0.6) is 0 Å². The van der Waals surface area contributed by atoms with Crippen LogP contribution in [0.3, 0.4) is 0 Å². The third-order valence-electron chi connectivity index (χ3n) is 2.38. The largest absolute Gasteiger partial charge is 0.461 e. The van der Waals surface area contributed by atoms with E-state index < -0.39 is 5.97 Å². The number of amides is 1. The number of hydrogen-bond acceptors (Lipinski definition) is 5. The number of nitrogen functional groups attached to an aromatic ring is 1. The van der Waals surface area contributed by atoms with Crippen LogP contribution < -0.4 is 5.73 Å². The smallest absolute Gasteiger partial charge is 0.340 e. The highest BCUT2D eigenvalue weighted by atomic mass is 16.5. The third-order valence-corrected chi connectivity index (χ3v) is 2.38. The molecule has 6 heteroatoms. The van der Waals surface area contributed by atoms with E-state index in [-0.39, 0.29) is 18.9 Å². The molecule has 0 saturated heterocycles. The molecule has 0 atom stereocenters. The molecular weight excluding hydrogens is 234 g/mol. The van der Waals surface area contributed by atoms with Crippen LogP contribution in [0.1, 0.15) is 22.5 Å². The average molecular weight is 251 g/mol. The Morgan fingerprint density at radius 2 is 2.11 bits per heavy atom. The van der Waals surface area contributed by atoms with Crippen LogP contribution in [-0.4, -0.2) is 42.5 Å². The van der Waals surface area contributed by atoms with Gasteiger partial charge in [-0.15, -0.1) is 0 Å². The Bertz CT molecular complexity index is 458. The van der Waals surface area contributed by atoms with E-state index >= 15 is 0 Å². The number of aromatic nitrogens is 1. The van der Waals surface area contributed by atoms with Crippen LogP contribution in [0, 0.1) is 6.92 Å². The van der Waals surface area contributed by atoms with Gasteiger partial charge in [0, 0.05) is 14.1 Å². The van der Waals surface area contributed by atoms with Crippen molar-refractivity contribution in [2.24, 2.45) is 0 Å². The van der Waals surface area contributed by atoms with Gasteiger partial charge in [-0.05, 0) is 13.0 Å². The summed E-state index contributed by atoms with van der Waals surface area (Å²) in [6.07, 6.45) is 1.63. The molecule has 0 aliphatic rings. The van der Waals surface area contributed by atoms with Crippen molar-refractivity contribution in [3.63, 3.8) is 0 Å². The van der Waals surface area contributed by atoms with E-state index in [0.29, 0.717) is 16.9 Å². The fourth-order valence-electron chi connectivity index (χ4n) is 1.29. The average Bonchev–Trinajstić information content (AvgIpc) is 2.31. The summed E-state index contributed by atoms with van der Waals surface area (Å²) in [7, 11) is 3.30. The molecule has 0 radical (unpaired) electrons. The normalized spacial score (nSPS) is 9.94. The zero-order valence-electron chi connectivity index (χ0n) is 10.8. The first-order valence-corrected chi connectivity index (χ1v) is 5.51. The van der Waals surface area contributed by atoms with E-state index in [9.17, 15) is 9.59 Å². The highest BCUT2D eigenvalue weighted by molar-refractivity contribution is 5.91. The highest BCUT2D eigenvalue weighted by Gasteiger charge is 2.13. The monoisotopic (exact) mass is 251 g/mol. The van der Waals surface area contributed by atoms with Crippen LogP contribution >= 0.6 is 0 Å². The number of aryl methyl sites for hydroxylation is 1. The second-order valence-electron chi connectivity index (χ2n) is 4.08. The van der Waals surface area contributed by atoms with Crippen molar-refractivity contribution in [3.8, 4) is 0 Å². The zero-order chi connectivity index (χ0) is 13.7. The number of ether oxygens (including phenoxy) is 1. The molecule has 1 heterocycles. The highest BCUT2D eigenvalue weighted by Crippen LogP contribution is 2.11. The van der Waals surface area contributed by atoms with Crippen molar-refractivity contribution in [2.45, 2.75) is 13.3 Å². The Balaban J connectivity index is 2.56. The van der Waals surface area contributed by atoms with Crippen molar-refractivity contribution in [1.82, 2.24) is 9.88 Å². The van der Waals surface area contributed by atoms with E-state index in [4.69, 9.17) is 10.5 Å². The molecule has 2 N–H and O–H groups in total. The quantitative estimate of drug-likeness (QED) is 0.792. The number of esters is 1. The molecule has 1 aromatic rings. The minimum absolute atomic E-state index is 0.0457. The Kier molecular flexibility index (Phi) is 4.65. The Morgan fingerprint density at radius 3 is 2.72 bits per heavy atom. The summed E-state index contributed by atoms with van der Waals surface area (Å²) in [5.41, 5.74) is 6.83. The van der Waals surface area contributed by atoms with E-state index in [1.165, 1.54) is 17.2 Å². The van der Waals surface area contributed by atoms with Gasteiger partial charge in [-0.1, -0.05) is 0 Å². The van der Waals surface area contributed by atoms with E-state index in [1.807, 2.05) is 0 Å². The lowest BCUT2D eigenvalue weighted by atomic mass is 10.2. The maximum Gasteiger partial charge on any atom is 0.340 e. The lowest BCUT2D eigenvalue weighted by Crippen LogP contribution is -2.23. The second kappa shape index (κ2) is 6.00. The summed E-state index contributed by atoms with van der Waals surface area (Å²) in [6.45, 7) is 1.74. The molecule has 6 nitrogen and oxygen atoms in total. The predicted octanol–water partition coefficient (Wildman–Crippen LogP) is 0.607. The number of nitrogens with zero attached hydrogens (tertiary/aromatic N) is 2. The summed E-state index contributed by atoms with van der Waals surface area (Å²) in [5.74, 6) is -0.607. The molecule has 1 amide bonds. The molecule has 98 valence electrons. The van der Waals surface area contributed by atoms with Crippen molar-refractivity contribution in [1.29, 1.82) is 0 Å². The second-order valence-corrected chi connectivity index (χ2v) is 4.08. The van der Waals surface area contributed by atoms with Gasteiger partial charge >= 0.3 is 5.97 Å². The van der Waals surface area contributed by atoms with Crippen LogP contribution in [0.4, 0.5) is 5.69 Å². The van der Waals surface area contributed by atoms with Gasteiger partial charge < -0.3 is 15.4 Å². The Labute approximate surface area is 106 Å². The maximum atomic E-state index is 11.7. The molecule has 0 aliphatic heterocycles. The fraction of sp³-hybridized carbons (Fsp3) is 0.417. The number of nitrogens with two attached hydrogens (primary N) is 1. The zero-order valence-corrected chi connectivity index (χ0v) is 10.8. The standard InChI is InChI=1S/C12H17N3O3/c1-8-10(6-9(13)7-14-8)12(17)18-5-4-11(16)15(2)3/h6-7H,4-5,13H2,1-3H3. The first-order valence-electron chi connectivity index (χ1n) is 5.51. The molecular formula is C12H17N3O3. The predicted molar refractivity (Wildman–Crippen MR) is 67.0 cm³/mol. The summed E-state index contributed by atoms with van der Waals surface area (Å²) in [4.78, 5) is 28.4. The summed E-state index contributed by atoms with van der Waals surface area (Å²) in [5, 5.41) is 0. The molecule has 0 aromatic carbocycles. The van der Waals surface area contributed by atoms with Crippen LogP contribution in [0.15, 0.2) is 12.3 Å². The van der Waals surface area contributed by atoms with Crippen LogP contribution in [-0.2, 0) is 9.53 Å². The topological polar surface area (TPSA) is 85.5 Å². The Morgan fingerprint density at radius 1 is 1.44 bits per heavy atom. The number of pyridine rings is 1. The van der Waals surface area contributed by atoms with Crippen molar-refractivity contribution >= 4 is 17.6 Å². The summed E-state index contributed by atoms with van der Waals surface area (Å²) in [6, 6.07) is 1.51. The number of carbonyl (C=O) groups excluding carboxylic acids is 2. The van der Waals surface area contributed by atoms with Crippen molar-refractivity contribution < 1.29 is 14.3 Å². The Hall–Kier alpha value is -2.11. The van der Waals surface area contributed by atoms with Crippen molar-refractivity contribution in [3.05, 3.63) is 23.5 Å². The first kappa shape index (κ1) is 14.0. The maximum absolute atomic E-state index is 11.7. The van der Waals surface area contributed by atoms with Gasteiger partial charge in [0.1, 0.15) is 6.61 Å². The van der Waals surface area contributed by atoms with Gasteiger partial charge in [0.05, 0.1) is 29.6 Å². The number of carbonyl (C=O) groups is 2. The number of hydrogen-bond donors (Lipinski definition) is 1. The van der Waals surface area contributed by atoms with Gasteiger partial charge in [-0.2, -0.15) is 0 Å². The molecule has 0 fully saturated rings. The van der Waals surface area contributed by atoms with Crippen LogP contribution in [0.2, 0.25) is 0 Å². The van der Waals surface area contributed by atoms with Gasteiger partial charge in [0.15, 0.2) is 0 Å². The van der Waals surface area contributed by atoms with Crippen molar-refractivity contribution in [2.75, 3.05) is 26.4 Å². The molecule has 0 spiro atoms. The third kappa shape index (κ3) is 3.73. The molecule has 0 saturated carbocycles. The lowest BCUT2D eigenvalue weighted by molar-refractivity contribution is -0.129. The van der Waals surface area contributed by atoms with Gasteiger partial charge in [0.2, 0.25) is 5.91 Å². The molecule has 0 bridgehead atoms. The van der Waals surface area contributed by atoms with E-state index in [2.05, 4.69) is 4.98 Å². The van der Waals surface area contributed by atoms with Gasteiger partial charge in [-0.25, -0.2) is 4.79 Å². The number of anilines is 1. The number of rotatable bonds is 4. The SMILES string of the molecule is Cc1ncc(N)cc1C(=O)OCCC(=O)N(C)C. The first-order chi connectivity index (χ1) is 8.41. The molecule has 18 heavy (non-hydrogen) atoms. The van der Waals surface area contributed by atoms with E-state index in [0.717, 1.165) is 0 Å². The molecule has 1 rings (SSSR count). The summed E-state index contributed by atoms with van der Waals surface area (Å²) >= 11 is 0. The minimum atomic E-state index is -0.515. The molecule has 0 aliphatic carbocycles. The van der Waals surface area contributed by atoms with Crippen LogP contribution in [0.25, 0.3) is 0 Å². The van der Waals surface area contributed by atoms with E-state index in [1.54, 1.807) is 21.0 Å². The molecule has 1 aromatic heterocycles. The minimum Gasteiger partial charge on any atom is -0.461 e. The fourth-order valence-corrected chi connectivity index (χ4v) is 1.29. The van der Waals surface area contributed by atoms with Gasteiger partial charge in [-0.3, -0.25) is 9.78 Å². The summed E-state index contributed by atoms with van der Waals surface area (Å²) < 4.78 is 5.00.